The Kier molecular flexibility index (Phi) is 2.02. The molecule has 2 heteroatoms. The molecule has 10 heavy (non-hydrogen) atoms. The Morgan fingerprint density at radius 3 is 2.30 bits per heavy atom. The monoisotopic (exact) mass is 143 g/mol. The highest BCUT2D eigenvalue weighted by molar-refractivity contribution is 4.84. The maximum Gasteiger partial charge on any atom is 0.0632 e. The third-order valence-electron chi connectivity index (χ3n) is 2.39. The SMILES string of the molecule is CN1CCC(C(C)(C)O)C1. The minimum Gasteiger partial charge on any atom is -0.390 e. The molecule has 0 aromatic carbocycles. The van der Waals surface area contributed by atoms with Crippen molar-refractivity contribution in [2.75, 3.05) is 20.1 Å². The summed E-state index contributed by atoms with van der Waals surface area (Å²) in [4.78, 5) is 2.27. The lowest BCUT2D eigenvalue weighted by Crippen LogP contribution is -2.32. The molecule has 0 aliphatic carbocycles. The van der Waals surface area contributed by atoms with Crippen LogP contribution in [0, 0.1) is 5.92 Å². The second-order valence-corrected chi connectivity index (χ2v) is 3.90. The molecule has 0 aromatic rings. The van der Waals surface area contributed by atoms with Crippen LogP contribution in [0.4, 0.5) is 0 Å². The molecule has 2 nitrogen and oxygen atoms in total. The van der Waals surface area contributed by atoms with Crippen LogP contribution >= 0.6 is 0 Å². The van der Waals surface area contributed by atoms with Crippen LogP contribution in [0.25, 0.3) is 0 Å². The van der Waals surface area contributed by atoms with Crippen LogP contribution in [0.3, 0.4) is 0 Å². The molecule has 1 fully saturated rings. The average Bonchev–Trinajstić information content (AvgIpc) is 2.11. The van der Waals surface area contributed by atoms with E-state index in [1.54, 1.807) is 0 Å². The Bertz CT molecular complexity index is 117. The summed E-state index contributed by atoms with van der Waals surface area (Å²) in [7, 11) is 2.10. The van der Waals surface area contributed by atoms with Crippen LogP contribution in [0.15, 0.2) is 0 Å². The first-order valence-corrected chi connectivity index (χ1v) is 3.91. The number of hydrogen-bond acceptors (Lipinski definition) is 2. The van der Waals surface area contributed by atoms with Crippen LogP contribution in [-0.2, 0) is 0 Å². The molecule has 60 valence electrons. The molecule has 0 aromatic heterocycles. The predicted octanol–water partition coefficient (Wildman–Crippen LogP) is 0.709. The molecule has 1 atom stereocenters. The van der Waals surface area contributed by atoms with E-state index in [0.717, 1.165) is 19.5 Å². The molecule has 0 bridgehead atoms. The second-order valence-electron chi connectivity index (χ2n) is 3.90. The van der Waals surface area contributed by atoms with Crippen molar-refractivity contribution in [2.45, 2.75) is 25.9 Å². The fourth-order valence-electron chi connectivity index (χ4n) is 1.51. The summed E-state index contributed by atoms with van der Waals surface area (Å²) in [6.45, 7) is 5.98. The van der Waals surface area contributed by atoms with Gasteiger partial charge < -0.3 is 10.0 Å². The van der Waals surface area contributed by atoms with E-state index in [1.807, 2.05) is 13.8 Å². The normalized spacial score (nSPS) is 29.4. The fraction of sp³-hybridized carbons (Fsp3) is 1.00. The molecule has 0 spiro atoms. The summed E-state index contributed by atoms with van der Waals surface area (Å²) in [5.74, 6) is 0.470. The summed E-state index contributed by atoms with van der Waals surface area (Å²) in [5, 5.41) is 9.61. The zero-order chi connectivity index (χ0) is 7.78. The average molecular weight is 143 g/mol. The van der Waals surface area contributed by atoms with Gasteiger partial charge in [-0.3, -0.25) is 0 Å². The Labute approximate surface area is 62.8 Å². The van der Waals surface area contributed by atoms with Crippen molar-refractivity contribution >= 4 is 0 Å². The number of aliphatic hydroxyl groups is 1. The highest BCUT2D eigenvalue weighted by Gasteiger charge is 2.31. The van der Waals surface area contributed by atoms with E-state index in [-0.39, 0.29) is 0 Å². The minimum atomic E-state index is -0.481. The van der Waals surface area contributed by atoms with Gasteiger partial charge in [0.1, 0.15) is 0 Å². The smallest absolute Gasteiger partial charge is 0.0632 e. The van der Waals surface area contributed by atoms with Gasteiger partial charge in [0, 0.05) is 12.5 Å². The molecular weight excluding hydrogens is 126 g/mol. The van der Waals surface area contributed by atoms with E-state index < -0.39 is 5.60 Å². The number of hydrogen-bond donors (Lipinski definition) is 1. The Hall–Kier alpha value is -0.0800. The van der Waals surface area contributed by atoms with Crippen LogP contribution in [0.1, 0.15) is 20.3 Å². The van der Waals surface area contributed by atoms with Gasteiger partial charge in [0.2, 0.25) is 0 Å². The van der Waals surface area contributed by atoms with E-state index in [9.17, 15) is 5.11 Å². The van der Waals surface area contributed by atoms with E-state index in [0.29, 0.717) is 5.92 Å². The van der Waals surface area contributed by atoms with E-state index in [2.05, 4.69) is 11.9 Å². The molecule has 0 amide bonds. The van der Waals surface area contributed by atoms with E-state index >= 15 is 0 Å². The zero-order valence-corrected chi connectivity index (χ0v) is 7.09. The maximum atomic E-state index is 9.61. The second kappa shape index (κ2) is 2.51. The van der Waals surface area contributed by atoms with Crippen LogP contribution < -0.4 is 0 Å². The predicted molar refractivity (Wildman–Crippen MR) is 41.9 cm³/mol. The Morgan fingerprint density at radius 1 is 1.50 bits per heavy atom. The van der Waals surface area contributed by atoms with E-state index in [1.165, 1.54) is 0 Å². The van der Waals surface area contributed by atoms with Gasteiger partial charge in [0.25, 0.3) is 0 Å². The van der Waals surface area contributed by atoms with Crippen molar-refractivity contribution in [3.05, 3.63) is 0 Å². The van der Waals surface area contributed by atoms with Crippen LogP contribution in [-0.4, -0.2) is 35.7 Å². The third kappa shape index (κ3) is 1.70. The van der Waals surface area contributed by atoms with E-state index in [4.69, 9.17) is 0 Å². The highest BCUT2D eigenvalue weighted by Crippen LogP contribution is 2.25. The molecule has 0 radical (unpaired) electrons. The Morgan fingerprint density at radius 2 is 2.10 bits per heavy atom. The lowest BCUT2D eigenvalue weighted by molar-refractivity contribution is 0.0220. The minimum absolute atomic E-state index is 0.470. The van der Waals surface area contributed by atoms with Crippen molar-refractivity contribution < 1.29 is 5.11 Å². The molecule has 1 rings (SSSR count). The van der Waals surface area contributed by atoms with Gasteiger partial charge in [-0.25, -0.2) is 0 Å². The summed E-state index contributed by atoms with van der Waals surface area (Å²) < 4.78 is 0. The van der Waals surface area contributed by atoms with Crippen LogP contribution in [0.2, 0.25) is 0 Å². The summed E-state index contributed by atoms with van der Waals surface area (Å²) >= 11 is 0. The molecule has 1 N–H and O–H groups in total. The van der Waals surface area contributed by atoms with Gasteiger partial charge >= 0.3 is 0 Å². The summed E-state index contributed by atoms with van der Waals surface area (Å²) in [5.41, 5.74) is -0.481. The lowest BCUT2D eigenvalue weighted by atomic mass is 9.91. The quantitative estimate of drug-likeness (QED) is 0.584. The molecule has 1 heterocycles. The van der Waals surface area contributed by atoms with Gasteiger partial charge in [0.05, 0.1) is 5.60 Å². The molecule has 1 unspecified atom stereocenters. The first-order valence-electron chi connectivity index (χ1n) is 3.91. The lowest BCUT2D eigenvalue weighted by Gasteiger charge is -2.24. The fourth-order valence-corrected chi connectivity index (χ4v) is 1.51. The topological polar surface area (TPSA) is 23.5 Å². The molecule has 1 saturated heterocycles. The van der Waals surface area contributed by atoms with Gasteiger partial charge in [-0.15, -0.1) is 0 Å². The summed E-state index contributed by atoms with van der Waals surface area (Å²) in [6.07, 6.45) is 1.14. The van der Waals surface area contributed by atoms with Crippen molar-refractivity contribution in [2.24, 2.45) is 5.92 Å². The molecular formula is C8H17NO. The molecule has 1 aliphatic rings. The first-order chi connectivity index (χ1) is 4.50. The van der Waals surface area contributed by atoms with Gasteiger partial charge in [-0.05, 0) is 33.9 Å². The maximum absolute atomic E-state index is 9.61. The van der Waals surface area contributed by atoms with Gasteiger partial charge in [-0.1, -0.05) is 0 Å². The number of nitrogens with zero attached hydrogens (tertiary/aromatic N) is 1. The molecule has 1 aliphatic heterocycles. The largest absolute Gasteiger partial charge is 0.390 e. The highest BCUT2D eigenvalue weighted by atomic mass is 16.3. The number of rotatable bonds is 1. The van der Waals surface area contributed by atoms with Gasteiger partial charge in [-0.2, -0.15) is 0 Å². The molecule has 0 saturated carbocycles. The first kappa shape index (κ1) is 8.02. The van der Waals surface area contributed by atoms with Crippen molar-refractivity contribution in [3.63, 3.8) is 0 Å². The van der Waals surface area contributed by atoms with Crippen molar-refractivity contribution in [1.29, 1.82) is 0 Å². The summed E-state index contributed by atoms with van der Waals surface area (Å²) in [6, 6.07) is 0. The van der Waals surface area contributed by atoms with Crippen LogP contribution in [0.5, 0.6) is 0 Å². The number of likely N-dealkylation sites (tertiary alicyclic amines) is 1. The third-order valence-corrected chi connectivity index (χ3v) is 2.39. The van der Waals surface area contributed by atoms with Crippen molar-refractivity contribution in [1.82, 2.24) is 4.90 Å². The standard InChI is InChI=1S/C8H17NO/c1-8(2,10)7-4-5-9(3)6-7/h7,10H,4-6H2,1-3H3. The van der Waals surface area contributed by atoms with Gasteiger partial charge in [0.15, 0.2) is 0 Å². The van der Waals surface area contributed by atoms with Crippen molar-refractivity contribution in [3.8, 4) is 0 Å². The Balaban J connectivity index is 2.45. The zero-order valence-electron chi connectivity index (χ0n) is 7.09.